The molecule has 0 bridgehead atoms. The second-order valence-electron chi connectivity index (χ2n) is 19.1. The van der Waals surface area contributed by atoms with Gasteiger partial charge < -0.3 is 47.4 Å². The highest BCUT2D eigenvalue weighted by atomic mass is 16.5. The third-order valence-corrected chi connectivity index (χ3v) is 12.6. The number of hydrogen-bond donors (Lipinski definition) is 0. The zero-order chi connectivity index (χ0) is 54.4. The number of rotatable bonds is 42. The van der Waals surface area contributed by atoms with Crippen molar-refractivity contribution in [2.45, 2.75) is 156 Å². The van der Waals surface area contributed by atoms with Crippen molar-refractivity contribution in [1.29, 1.82) is 0 Å². The van der Waals surface area contributed by atoms with E-state index in [1.54, 1.807) is 44.6 Å². The fraction of sp³-hybridized carbons (Fsp3) is 0.574. The molecule has 3 aromatic rings. The third-order valence-electron chi connectivity index (χ3n) is 12.6. The summed E-state index contributed by atoms with van der Waals surface area (Å²) in [4.78, 5) is 49.5. The standard InChI is InChI=1S/C61H88O14/c1-8-10-38-71-53-33-29-49(46-55(53)66-5)31-37-58(63)73-42-25-21-20-23-40-70-52-35-32-50(69-39-22-18-19-24-41-72-54-34-28-48(45-56(54)67-6)30-36-57(62)68-7)47-51(52)59(64)74-43-26-16-14-12-11-13-15-17-27-44-75-60(65)61(3,4)9-2/h28-37,45-47H,8-27,38-44H2,1-7H3/b36-30+,37-31+. The van der Waals surface area contributed by atoms with Gasteiger partial charge in [-0.1, -0.05) is 77.3 Å². The Balaban J connectivity index is 1.40. The van der Waals surface area contributed by atoms with E-state index in [1.165, 1.54) is 19.3 Å². The normalized spacial score (nSPS) is 11.3. The molecule has 0 heterocycles. The molecule has 0 aliphatic carbocycles. The summed E-state index contributed by atoms with van der Waals surface area (Å²) in [5, 5.41) is 0. The summed E-state index contributed by atoms with van der Waals surface area (Å²) in [6.07, 6.45) is 25.0. The summed E-state index contributed by atoms with van der Waals surface area (Å²) < 4.78 is 56.3. The molecular formula is C61H88O14. The monoisotopic (exact) mass is 1040 g/mol. The van der Waals surface area contributed by atoms with Crippen LogP contribution in [0.2, 0.25) is 0 Å². The van der Waals surface area contributed by atoms with Crippen LogP contribution in [-0.2, 0) is 33.3 Å². The summed E-state index contributed by atoms with van der Waals surface area (Å²) in [6.45, 7) is 11.1. The molecule has 0 fully saturated rings. The average Bonchev–Trinajstić information content (AvgIpc) is 3.42. The molecule has 3 rings (SSSR count). The Bertz CT molecular complexity index is 2160. The highest BCUT2D eigenvalue weighted by molar-refractivity contribution is 5.93. The molecule has 416 valence electrons. The molecule has 14 nitrogen and oxygen atoms in total. The van der Waals surface area contributed by atoms with Crippen LogP contribution in [0, 0.1) is 5.41 Å². The number of hydrogen-bond acceptors (Lipinski definition) is 14. The van der Waals surface area contributed by atoms with Gasteiger partial charge in [-0.3, -0.25) is 4.79 Å². The maximum absolute atomic E-state index is 13.5. The van der Waals surface area contributed by atoms with E-state index in [4.69, 9.17) is 42.6 Å². The SMILES string of the molecule is CCCCOc1ccc(/C=C/C(=O)OCCCCCCOc2ccc(OCCCCCCOc3ccc(/C=C/C(=O)OC)cc3OC)cc2C(=O)OCCCCCCCCCCCOC(=O)C(C)(C)CC)cc1OC. The van der Waals surface area contributed by atoms with Crippen molar-refractivity contribution in [3.05, 3.63) is 83.4 Å². The number of unbranched alkanes of at least 4 members (excludes halogenated alkanes) is 15. The van der Waals surface area contributed by atoms with Gasteiger partial charge in [-0.05, 0) is 157 Å². The Morgan fingerprint density at radius 3 is 1.36 bits per heavy atom. The van der Waals surface area contributed by atoms with Crippen molar-refractivity contribution in [3.63, 3.8) is 0 Å². The van der Waals surface area contributed by atoms with Crippen LogP contribution in [0.15, 0.2) is 66.7 Å². The smallest absolute Gasteiger partial charge is 0.342 e. The quantitative estimate of drug-likeness (QED) is 0.0228. The number of methoxy groups -OCH3 is 3. The Labute approximate surface area is 448 Å². The van der Waals surface area contributed by atoms with Gasteiger partial charge >= 0.3 is 23.9 Å². The van der Waals surface area contributed by atoms with Gasteiger partial charge in [0.2, 0.25) is 0 Å². The molecule has 0 saturated heterocycles. The first kappa shape index (κ1) is 63.1. The van der Waals surface area contributed by atoms with E-state index in [-0.39, 0.29) is 5.97 Å². The minimum atomic E-state index is -0.438. The van der Waals surface area contributed by atoms with Crippen LogP contribution >= 0.6 is 0 Å². The third kappa shape index (κ3) is 26.7. The van der Waals surface area contributed by atoms with E-state index in [0.29, 0.717) is 86.3 Å². The average molecular weight is 1050 g/mol. The highest BCUT2D eigenvalue weighted by Gasteiger charge is 2.26. The largest absolute Gasteiger partial charge is 0.494 e. The van der Waals surface area contributed by atoms with Crippen LogP contribution in [0.5, 0.6) is 34.5 Å². The van der Waals surface area contributed by atoms with E-state index >= 15 is 0 Å². The van der Waals surface area contributed by atoms with Crippen LogP contribution in [-0.4, -0.2) is 91.5 Å². The van der Waals surface area contributed by atoms with Gasteiger partial charge in [-0.25, -0.2) is 14.4 Å². The first-order chi connectivity index (χ1) is 36.4. The van der Waals surface area contributed by atoms with Gasteiger partial charge in [0.1, 0.15) is 17.1 Å². The van der Waals surface area contributed by atoms with Crippen molar-refractivity contribution in [1.82, 2.24) is 0 Å². The minimum Gasteiger partial charge on any atom is -0.494 e. The first-order valence-corrected chi connectivity index (χ1v) is 27.4. The van der Waals surface area contributed by atoms with Crippen LogP contribution in [0.4, 0.5) is 0 Å². The topological polar surface area (TPSA) is 161 Å². The Kier molecular flexibility index (Phi) is 32.3. The lowest BCUT2D eigenvalue weighted by atomic mass is 9.91. The summed E-state index contributed by atoms with van der Waals surface area (Å²) in [6, 6.07) is 16.3. The van der Waals surface area contributed by atoms with Crippen LogP contribution in [0.1, 0.15) is 178 Å². The molecule has 0 aromatic heterocycles. The van der Waals surface area contributed by atoms with E-state index in [0.717, 1.165) is 140 Å². The first-order valence-electron chi connectivity index (χ1n) is 27.4. The molecule has 0 amide bonds. The van der Waals surface area contributed by atoms with Crippen molar-refractivity contribution < 1.29 is 66.5 Å². The summed E-state index contributed by atoms with van der Waals surface area (Å²) in [7, 11) is 4.51. The molecule has 0 atom stereocenters. The van der Waals surface area contributed by atoms with E-state index in [1.807, 2.05) is 57.2 Å². The van der Waals surface area contributed by atoms with Gasteiger partial charge in [0.15, 0.2) is 23.0 Å². The zero-order valence-corrected chi connectivity index (χ0v) is 46.3. The molecule has 0 aliphatic rings. The zero-order valence-electron chi connectivity index (χ0n) is 46.3. The lowest BCUT2D eigenvalue weighted by Crippen LogP contribution is -2.26. The van der Waals surface area contributed by atoms with Crippen molar-refractivity contribution >= 4 is 36.0 Å². The van der Waals surface area contributed by atoms with Gasteiger partial charge in [0.25, 0.3) is 0 Å². The van der Waals surface area contributed by atoms with Crippen LogP contribution in [0.25, 0.3) is 12.2 Å². The summed E-state index contributed by atoms with van der Waals surface area (Å²) >= 11 is 0. The molecule has 0 aliphatic heterocycles. The van der Waals surface area contributed by atoms with Crippen molar-refractivity contribution in [2.24, 2.45) is 5.41 Å². The molecule has 0 radical (unpaired) electrons. The summed E-state index contributed by atoms with van der Waals surface area (Å²) in [5.41, 5.74) is 1.52. The number of benzene rings is 3. The number of carbonyl (C=O) groups is 4. The van der Waals surface area contributed by atoms with Gasteiger partial charge in [-0.2, -0.15) is 0 Å². The Morgan fingerprint density at radius 2 is 0.867 bits per heavy atom. The number of esters is 4. The van der Waals surface area contributed by atoms with Gasteiger partial charge in [-0.15, -0.1) is 0 Å². The van der Waals surface area contributed by atoms with E-state index in [9.17, 15) is 19.2 Å². The lowest BCUT2D eigenvalue weighted by molar-refractivity contribution is -0.154. The maximum atomic E-state index is 13.5. The fourth-order valence-corrected chi connectivity index (χ4v) is 7.50. The molecule has 3 aromatic carbocycles. The second kappa shape index (κ2) is 38.4. The molecule has 75 heavy (non-hydrogen) atoms. The van der Waals surface area contributed by atoms with Gasteiger partial charge in [0.05, 0.1) is 73.0 Å². The highest BCUT2D eigenvalue weighted by Crippen LogP contribution is 2.31. The van der Waals surface area contributed by atoms with E-state index < -0.39 is 23.3 Å². The predicted molar refractivity (Wildman–Crippen MR) is 294 cm³/mol. The molecule has 14 heteroatoms. The van der Waals surface area contributed by atoms with Crippen LogP contribution < -0.4 is 28.4 Å². The maximum Gasteiger partial charge on any atom is 0.342 e. The molecule has 0 saturated carbocycles. The molecule has 0 N–H and O–H groups in total. The van der Waals surface area contributed by atoms with Crippen LogP contribution in [0.3, 0.4) is 0 Å². The lowest BCUT2D eigenvalue weighted by Gasteiger charge is -2.20. The minimum absolute atomic E-state index is 0.113. The Morgan fingerprint density at radius 1 is 0.440 bits per heavy atom. The van der Waals surface area contributed by atoms with E-state index in [2.05, 4.69) is 11.7 Å². The Hall–Kier alpha value is -6.18. The van der Waals surface area contributed by atoms with Gasteiger partial charge in [0, 0.05) is 12.2 Å². The van der Waals surface area contributed by atoms with Crippen molar-refractivity contribution in [2.75, 3.05) is 67.6 Å². The van der Waals surface area contributed by atoms with Crippen molar-refractivity contribution in [3.8, 4) is 34.5 Å². The number of carbonyl (C=O) groups excluding carboxylic acids is 4. The fourth-order valence-electron chi connectivity index (χ4n) is 7.50. The second-order valence-corrected chi connectivity index (χ2v) is 19.1. The molecule has 0 unspecified atom stereocenters. The molecule has 0 spiro atoms. The summed E-state index contributed by atoms with van der Waals surface area (Å²) in [5.74, 6) is 2.15. The predicted octanol–water partition coefficient (Wildman–Crippen LogP) is 13.9. The molecular weight excluding hydrogens is 957 g/mol. The number of ether oxygens (including phenoxy) is 10.